The van der Waals surface area contributed by atoms with Crippen molar-refractivity contribution in [3.63, 3.8) is 0 Å². The van der Waals surface area contributed by atoms with Crippen molar-refractivity contribution in [2.45, 2.75) is 52.4 Å². The molecule has 3 heteroatoms. The van der Waals surface area contributed by atoms with E-state index < -0.39 is 0 Å². The van der Waals surface area contributed by atoms with Gasteiger partial charge in [0.1, 0.15) is 11.3 Å². The molecule has 2 aromatic carbocycles. The van der Waals surface area contributed by atoms with Crippen LogP contribution in [0.3, 0.4) is 0 Å². The van der Waals surface area contributed by atoms with Crippen molar-refractivity contribution in [1.29, 1.82) is 0 Å². The van der Waals surface area contributed by atoms with Crippen LogP contribution in [-0.2, 0) is 10.8 Å². The van der Waals surface area contributed by atoms with Crippen molar-refractivity contribution in [2.75, 3.05) is 0 Å². The number of aromatic nitrogens is 1. The lowest BCUT2D eigenvalue weighted by Gasteiger charge is -2.24. The fraction of sp³-hybridized carbons (Fsp3) is 0.381. The molecule has 3 rings (SSSR count). The monoisotopic (exact) mass is 325 g/mol. The molecule has 2 nitrogen and oxygen atoms in total. The lowest BCUT2D eigenvalue weighted by Crippen LogP contribution is -2.16. The highest BCUT2D eigenvalue weighted by molar-refractivity contribution is 5.81. The fourth-order valence-electron chi connectivity index (χ4n) is 2.77. The Morgan fingerprint density at radius 3 is 2.17 bits per heavy atom. The zero-order chi connectivity index (χ0) is 17.7. The zero-order valence-electron chi connectivity index (χ0n) is 15.2. The summed E-state index contributed by atoms with van der Waals surface area (Å²) in [5, 5.41) is 0. The zero-order valence-corrected chi connectivity index (χ0v) is 15.2. The molecule has 0 saturated heterocycles. The van der Waals surface area contributed by atoms with Gasteiger partial charge in [-0.1, -0.05) is 59.7 Å². The number of benzene rings is 2. The van der Waals surface area contributed by atoms with Gasteiger partial charge < -0.3 is 4.42 Å². The Balaban J connectivity index is 2.31. The first-order valence-electron chi connectivity index (χ1n) is 8.28. The average Bonchev–Trinajstić information content (AvgIpc) is 2.88. The Hall–Kier alpha value is -2.16. The average molecular weight is 325 g/mol. The molecular weight excluding hydrogens is 301 g/mol. The molecule has 0 radical (unpaired) electrons. The van der Waals surface area contributed by atoms with E-state index in [4.69, 9.17) is 4.42 Å². The summed E-state index contributed by atoms with van der Waals surface area (Å²) in [6.07, 6.45) is 0. The van der Waals surface area contributed by atoms with Crippen LogP contribution in [0.5, 0.6) is 0 Å². The smallest absolute Gasteiger partial charge is 0.230 e. The molecule has 0 bridgehead atoms. The summed E-state index contributed by atoms with van der Waals surface area (Å²) in [5.74, 6) is 0.0112. The Morgan fingerprint density at radius 1 is 0.917 bits per heavy atom. The van der Waals surface area contributed by atoms with Gasteiger partial charge in [-0.15, -0.1) is 0 Å². The highest BCUT2D eigenvalue weighted by Crippen LogP contribution is 2.37. The first kappa shape index (κ1) is 16.7. The number of fused-ring (bicyclic) bond motifs is 1. The summed E-state index contributed by atoms with van der Waals surface area (Å²) in [7, 11) is 0. The molecule has 24 heavy (non-hydrogen) atoms. The molecule has 0 aliphatic carbocycles. The number of hydrogen-bond acceptors (Lipinski definition) is 2. The van der Waals surface area contributed by atoms with Crippen LogP contribution in [0.1, 0.15) is 52.7 Å². The van der Waals surface area contributed by atoms with E-state index in [0.717, 1.165) is 16.7 Å². The number of nitrogens with zero attached hydrogens (tertiary/aromatic N) is 1. The predicted octanol–water partition coefficient (Wildman–Crippen LogP) is 6.23. The van der Waals surface area contributed by atoms with Crippen molar-refractivity contribution in [3.8, 4) is 11.5 Å². The van der Waals surface area contributed by atoms with E-state index in [-0.39, 0.29) is 16.6 Å². The summed E-state index contributed by atoms with van der Waals surface area (Å²) in [6.45, 7) is 13.0. The van der Waals surface area contributed by atoms with Crippen molar-refractivity contribution in [1.82, 2.24) is 4.98 Å². The molecule has 0 atom stereocenters. The van der Waals surface area contributed by atoms with Crippen LogP contribution in [0.2, 0.25) is 0 Å². The van der Waals surface area contributed by atoms with E-state index in [0.29, 0.717) is 11.5 Å². The van der Waals surface area contributed by atoms with Crippen LogP contribution in [0, 0.1) is 5.82 Å². The lowest BCUT2D eigenvalue weighted by molar-refractivity contribution is 0.549. The van der Waals surface area contributed by atoms with E-state index in [1.807, 2.05) is 0 Å². The molecule has 0 aliphatic rings. The van der Waals surface area contributed by atoms with Gasteiger partial charge >= 0.3 is 0 Å². The first-order valence-corrected chi connectivity index (χ1v) is 8.28. The molecule has 0 amide bonds. The van der Waals surface area contributed by atoms with E-state index in [2.05, 4.69) is 58.7 Å². The highest BCUT2D eigenvalue weighted by atomic mass is 19.1. The molecule has 0 unspecified atom stereocenters. The van der Waals surface area contributed by atoms with Crippen LogP contribution < -0.4 is 0 Å². The molecule has 1 heterocycles. The molecule has 1 aromatic heterocycles. The van der Waals surface area contributed by atoms with Crippen molar-refractivity contribution >= 4 is 11.1 Å². The maximum absolute atomic E-state index is 14.1. The minimum absolute atomic E-state index is 0.00526. The molecule has 0 N–H and O–H groups in total. The molecule has 0 saturated carbocycles. The van der Waals surface area contributed by atoms with Gasteiger partial charge in [0.15, 0.2) is 5.58 Å². The van der Waals surface area contributed by atoms with Gasteiger partial charge in [0, 0.05) is 5.56 Å². The molecule has 126 valence electrons. The molecule has 0 fully saturated rings. The molecule has 3 aromatic rings. The quantitative estimate of drug-likeness (QED) is 0.530. The third kappa shape index (κ3) is 2.95. The third-order valence-electron chi connectivity index (χ3n) is 4.27. The summed E-state index contributed by atoms with van der Waals surface area (Å²) < 4.78 is 20.1. The normalized spacial score (nSPS) is 12.8. The second kappa shape index (κ2) is 5.44. The van der Waals surface area contributed by atoms with Crippen LogP contribution in [-0.4, -0.2) is 4.98 Å². The van der Waals surface area contributed by atoms with E-state index >= 15 is 0 Å². The summed E-state index contributed by atoms with van der Waals surface area (Å²) >= 11 is 0. The van der Waals surface area contributed by atoms with Crippen LogP contribution >= 0.6 is 0 Å². The fourth-order valence-corrected chi connectivity index (χ4v) is 2.77. The number of hydrogen-bond donors (Lipinski definition) is 0. The molecule has 0 spiro atoms. The second-order valence-corrected chi connectivity index (χ2v) is 8.37. The Labute approximate surface area is 142 Å². The Bertz CT molecular complexity index is 894. The lowest BCUT2D eigenvalue weighted by atomic mass is 9.80. The van der Waals surface area contributed by atoms with Crippen molar-refractivity contribution in [3.05, 3.63) is 53.3 Å². The van der Waals surface area contributed by atoms with Crippen molar-refractivity contribution in [2.24, 2.45) is 0 Å². The maximum Gasteiger partial charge on any atom is 0.230 e. The summed E-state index contributed by atoms with van der Waals surface area (Å²) in [5.41, 5.74) is 4.13. The SMILES string of the molecule is CC(C)(C)c1cc(C(C)(C)C)c2oc(-c3ccccc3F)nc2c1. The number of oxazole rings is 1. The largest absolute Gasteiger partial charge is 0.436 e. The Morgan fingerprint density at radius 2 is 1.58 bits per heavy atom. The topological polar surface area (TPSA) is 26.0 Å². The van der Waals surface area contributed by atoms with Crippen LogP contribution in [0.4, 0.5) is 4.39 Å². The maximum atomic E-state index is 14.1. The van der Waals surface area contributed by atoms with Gasteiger partial charge in [0.05, 0.1) is 5.56 Å². The molecular formula is C21H24FNO. The van der Waals surface area contributed by atoms with Gasteiger partial charge in [-0.05, 0) is 34.6 Å². The third-order valence-corrected chi connectivity index (χ3v) is 4.27. The summed E-state index contributed by atoms with van der Waals surface area (Å²) in [4.78, 5) is 4.59. The van der Waals surface area contributed by atoms with Crippen molar-refractivity contribution < 1.29 is 8.81 Å². The Kier molecular flexibility index (Phi) is 3.78. The summed E-state index contributed by atoms with van der Waals surface area (Å²) in [6, 6.07) is 10.8. The van der Waals surface area contributed by atoms with Gasteiger partial charge in [0.25, 0.3) is 0 Å². The van der Waals surface area contributed by atoms with Gasteiger partial charge in [-0.2, -0.15) is 0 Å². The minimum atomic E-state index is -0.322. The van der Waals surface area contributed by atoms with Gasteiger partial charge in [-0.3, -0.25) is 0 Å². The van der Waals surface area contributed by atoms with E-state index in [9.17, 15) is 4.39 Å². The van der Waals surface area contributed by atoms with Crippen LogP contribution in [0.25, 0.3) is 22.6 Å². The number of rotatable bonds is 1. The first-order chi connectivity index (χ1) is 11.1. The highest BCUT2D eigenvalue weighted by Gasteiger charge is 2.25. The van der Waals surface area contributed by atoms with Gasteiger partial charge in [0.2, 0.25) is 5.89 Å². The predicted molar refractivity (Wildman–Crippen MR) is 96.8 cm³/mol. The standard InChI is InChI=1S/C21H24FNO/c1-20(2,3)13-11-15(21(4,5)6)18-17(12-13)23-19(24-18)14-9-7-8-10-16(14)22/h7-12H,1-6H3. The van der Waals surface area contributed by atoms with E-state index in [1.165, 1.54) is 11.6 Å². The minimum Gasteiger partial charge on any atom is -0.436 e. The number of halogens is 1. The second-order valence-electron chi connectivity index (χ2n) is 8.37. The van der Waals surface area contributed by atoms with E-state index in [1.54, 1.807) is 18.2 Å². The molecule has 0 aliphatic heterocycles. The van der Waals surface area contributed by atoms with Gasteiger partial charge in [-0.25, -0.2) is 9.37 Å². The van der Waals surface area contributed by atoms with Crippen LogP contribution in [0.15, 0.2) is 40.8 Å².